The highest BCUT2D eigenvalue weighted by Crippen LogP contribution is 2.31. The predicted octanol–water partition coefficient (Wildman–Crippen LogP) is 3.25. The van der Waals surface area contributed by atoms with Crippen LogP contribution >= 0.6 is 28.3 Å². The van der Waals surface area contributed by atoms with Gasteiger partial charge in [0.1, 0.15) is 11.1 Å². The maximum Gasteiger partial charge on any atom is 0.349 e. The quantitative estimate of drug-likeness (QED) is 0.710. The smallest absolute Gasteiger partial charge is 0.349 e. The molecule has 1 amide bonds. The zero-order chi connectivity index (χ0) is 16.8. The molecule has 1 aromatic carbocycles. The van der Waals surface area contributed by atoms with Crippen molar-refractivity contribution in [1.82, 2.24) is 10.2 Å². The van der Waals surface area contributed by atoms with E-state index in [2.05, 4.69) is 21.2 Å². The lowest BCUT2D eigenvalue weighted by Gasteiger charge is -2.28. The lowest BCUT2D eigenvalue weighted by molar-refractivity contribution is 0.0675. The van der Waals surface area contributed by atoms with E-state index < -0.39 is 5.63 Å². The summed E-state index contributed by atoms with van der Waals surface area (Å²) in [7, 11) is 0. The van der Waals surface area contributed by atoms with Crippen LogP contribution < -0.4 is 10.9 Å². The molecule has 2 aliphatic heterocycles. The Labute approximate surface area is 160 Å². The first kappa shape index (κ1) is 18.4. The van der Waals surface area contributed by atoms with E-state index in [1.165, 1.54) is 0 Å². The van der Waals surface area contributed by atoms with Gasteiger partial charge in [-0.1, -0.05) is 15.9 Å². The minimum absolute atomic E-state index is 0. The van der Waals surface area contributed by atoms with Gasteiger partial charge in [-0.3, -0.25) is 4.79 Å². The van der Waals surface area contributed by atoms with Crippen molar-refractivity contribution in [1.29, 1.82) is 0 Å². The monoisotopic (exact) mass is 426 g/mol. The van der Waals surface area contributed by atoms with Crippen molar-refractivity contribution in [3.8, 4) is 0 Å². The number of aryl methyl sites for hydroxylation is 1. The van der Waals surface area contributed by atoms with Gasteiger partial charge in [0.25, 0.3) is 5.91 Å². The van der Waals surface area contributed by atoms with Crippen molar-refractivity contribution in [2.75, 3.05) is 13.1 Å². The second kappa shape index (κ2) is 7.09. The van der Waals surface area contributed by atoms with Crippen LogP contribution in [0.2, 0.25) is 0 Å². The van der Waals surface area contributed by atoms with Crippen LogP contribution in [0.15, 0.2) is 31.9 Å². The molecule has 25 heavy (non-hydrogen) atoms. The molecule has 0 aliphatic carbocycles. The SMILES string of the molecule is Cc1c(C(=O)N2C3CCNCC2CC3)c(=O)oc2ccc(Br)cc12.Cl. The number of hydrogen-bond donors (Lipinski definition) is 1. The lowest BCUT2D eigenvalue weighted by Crippen LogP contribution is -2.44. The van der Waals surface area contributed by atoms with Gasteiger partial charge in [-0.2, -0.15) is 0 Å². The second-order valence-corrected chi connectivity index (χ2v) is 7.54. The number of halogens is 2. The fraction of sp³-hybridized carbons (Fsp3) is 0.444. The first-order chi connectivity index (χ1) is 11.6. The van der Waals surface area contributed by atoms with Gasteiger partial charge in [0.2, 0.25) is 0 Å². The Bertz CT molecular complexity index is 868. The van der Waals surface area contributed by atoms with E-state index in [1.54, 1.807) is 6.07 Å². The molecule has 2 saturated heterocycles. The Hall–Kier alpha value is -1.37. The Morgan fingerprint density at radius 3 is 2.84 bits per heavy atom. The maximum absolute atomic E-state index is 13.2. The van der Waals surface area contributed by atoms with Gasteiger partial charge in [0.05, 0.1) is 0 Å². The van der Waals surface area contributed by atoms with Crippen LogP contribution in [0, 0.1) is 6.92 Å². The molecule has 1 aromatic heterocycles. The van der Waals surface area contributed by atoms with E-state index in [4.69, 9.17) is 4.42 Å². The molecule has 2 fully saturated rings. The van der Waals surface area contributed by atoms with Crippen molar-refractivity contribution in [3.05, 3.63) is 44.2 Å². The minimum Gasteiger partial charge on any atom is -0.422 e. The van der Waals surface area contributed by atoms with E-state index >= 15 is 0 Å². The molecule has 0 spiro atoms. The molecule has 2 unspecified atom stereocenters. The normalized spacial score (nSPS) is 22.6. The molecular formula is C18H20BrClN2O3. The topological polar surface area (TPSA) is 62.6 Å². The number of benzene rings is 1. The van der Waals surface area contributed by atoms with Crippen molar-refractivity contribution < 1.29 is 9.21 Å². The van der Waals surface area contributed by atoms with Crippen LogP contribution in [0.4, 0.5) is 0 Å². The molecule has 1 N–H and O–H groups in total. The molecule has 134 valence electrons. The number of carbonyl (C=O) groups is 1. The van der Waals surface area contributed by atoms with E-state index in [0.29, 0.717) is 11.1 Å². The number of carbonyl (C=O) groups excluding carboxylic acids is 1. The van der Waals surface area contributed by atoms with Gasteiger partial charge in [0.15, 0.2) is 0 Å². The molecule has 7 heteroatoms. The molecule has 0 radical (unpaired) electrons. The average Bonchev–Trinajstić information content (AvgIpc) is 2.81. The van der Waals surface area contributed by atoms with Crippen molar-refractivity contribution in [2.24, 2.45) is 0 Å². The molecule has 2 aliphatic rings. The van der Waals surface area contributed by atoms with E-state index in [-0.39, 0.29) is 36.0 Å². The first-order valence-electron chi connectivity index (χ1n) is 8.32. The van der Waals surface area contributed by atoms with E-state index in [0.717, 1.165) is 42.2 Å². The number of nitrogens with zero attached hydrogens (tertiary/aromatic N) is 1. The summed E-state index contributed by atoms with van der Waals surface area (Å²) in [5.41, 5.74) is 0.852. The molecule has 2 aromatic rings. The van der Waals surface area contributed by atoms with Crippen molar-refractivity contribution in [3.63, 3.8) is 0 Å². The van der Waals surface area contributed by atoms with Crippen molar-refractivity contribution >= 4 is 45.2 Å². The van der Waals surface area contributed by atoms with Gasteiger partial charge < -0.3 is 14.6 Å². The third-order valence-corrected chi connectivity index (χ3v) is 5.72. The fourth-order valence-corrected chi connectivity index (χ4v) is 4.37. The lowest BCUT2D eigenvalue weighted by atomic mass is 10.0. The highest BCUT2D eigenvalue weighted by atomic mass is 79.9. The molecule has 0 saturated carbocycles. The number of amides is 1. The van der Waals surface area contributed by atoms with Gasteiger partial charge in [-0.25, -0.2) is 4.79 Å². The summed E-state index contributed by atoms with van der Waals surface area (Å²) in [5.74, 6) is -0.181. The number of fused-ring (bicyclic) bond motifs is 3. The van der Waals surface area contributed by atoms with Crippen LogP contribution in [0.3, 0.4) is 0 Å². The van der Waals surface area contributed by atoms with Crippen LogP contribution in [0.5, 0.6) is 0 Å². The van der Waals surface area contributed by atoms with Crippen molar-refractivity contribution in [2.45, 2.75) is 38.3 Å². The first-order valence-corrected chi connectivity index (χ1v) is 9.12. The highest BCUT2D eigenvalue weighted by molar-refractivity contribution is 9.10. The highest BCUT2D eigenvalue weighted by Gasteiger charge is 2.40. The fourth-order valence-electron chi connectivity index (χ4n) is 4.01. The molecule has 2 atom stereocenters. The molecule has 5 nitrogen and oxygen atoms in total. The summed E-state index contributed by atoms with van der Waals surface area (Å²) in [6, 6.07) is 5.86. The van der Waals surface area contributed by atoms with Gasteiger partial charge in [0, 0.05) is 28.5 Å². The summed E-state index contributed by atoms with van der Waals surface area (Å²) in [5, 5.41) is 4.18. The van der Waals surface area contributed by atoms with Gasteiger partial charge >= 0.3 is 5.63 Å². The van der Waals surface area contributed by atoms with Crippen LogP contribution in [0.25, 0.3) is 11.0 Å². The molecule has 3 heterocycles. The summed E-state index contributed by atoms with van der Waals surface area (Å²) in [4.78, 5) is 27.6. The molecular weight excluding hydrogens is 408 g/mol. The summed E-state index contributed by atoms with van der Waals surface area (Å²) in [6.07, 6.45) is 2.94. The molecule has 2 bridgehead atoms. The van der Waals surface area contributed by atoms with Crippen LogP contribution in [-0.2, 0) is 0 Å². The summed E-state index contributed by atoms with van der Waals surface area (Å²) >= 11 is 3.44. The third kappa shape index (κ3) is 3.11. The number of nitrogens with one attached hydrogen (secondary N) is 1. The predicted molar refractivity (Wildman–Crippen MR) is 103 cm³/mol. The number of hydrogen-bond acceptors (Lipinski definition) is 4. The average molecular weight is 428 g/mol. The minimum atomic E-state index is -0.538. The summed E-state index contributed by atoms with van der Waals surface area (Å²) in [6.45, 7) is 3.55. The van der Waals surface area contributed by atoms with Gasteiger partial charge in [-0.15, -0.1) is 12.4 Å². The standard InChI is InChI=1S/C18H19BrN2O3.ClH/c1-10-14-8-11(19)2-5-15(14)24-18(23)16(10)17(22)21-12-3-4-13(21)9-20-7-6-12;/h2,5,8,12-13,20H,3-4,6-7,9H2,1H3;1H. The van der Waals surface area contributed by atoms with E-state index in [9.17, 15) is 9.59 Å². The van der Waals surface area contributed by atoms with Crippen LogP contribution in [0.1, 0.15) is 35.2 Å². The second-order valence-electron chi connectivity index (χ2n) is 6.62. The maximum atomic E-state index is 13.2. The third-order valence-electron chi connectivity index (χ3n) is 5.23. The Balaban J connectivity index is 0.00000182. The van der Waals surface area contributed by atoms with Gasteiger partial charge in [-0.05, 0) is 56.5 Å². The largest absolute Gasteiger partial charge is 0.422 e. The Morgan fingerprint density at radius 1 is 1.28 bits per heavy atom. The summed E-state index contributed by atoms with van der Waals surface area (Å²) < 4.78 is 6.32. The van der Waals surface area contributed by atoms with Crippen LogP contribution in [-0.4, -0.2) is 36.0 Å². The van der Waals surface area contributed by atoms with E-state index in [1.807, 2.05) is 24.0 Å². The Kier molecular flexibility index (Phi) is 5.23. The molecule has 4 rings (SSSR count). The zero-order valence-electron chi connectivity index (χ0n) is 13.9. The Morgan fingerprint density at radius 2 is 2.04 bits per heavy atom. The zero-order valence-corrected chi connectivity index (χ0v) is 16.3. The number of rotatable bonds is 1.